The van der Waals surface area contributed by atoms with E-state index in [-0.39, 0.29) is 16.7 Å². The summed E-state index contributed by atoms with van der Waals surface area (Å²) in [5, 5.41) is 20.3. The normalized spacial score (nSPS) is 10.3. The van der Waals surface area contributed by atoms with E-state index < -0.39 is 11.9 Å². The van der Waals surface area contributed by atoms with Gasteiger partial charge in [0.05, 0.1) is 16.8 Å². The molecule has 0 fully saturated rings. The van der Waals surface area contributed by atoms with Gasteiger partial charge < -0.3 is 20.3 Å². The first-order valence-corrected chi connectivity index (χ1v) is 8.22. The third-order valence-corrected chi connectivity index (χ3v) is 3.03. The van der Waals surface area contributed by atoms with E-state index in [1.54, 1.807) is 0 Å². The van der Waals surface area contributed by atoms with Gasteiger partial charge in [0.1, 0.15) is 11.4 Å². The average Bonchev–Trinajstić information content (AvgIpc) is 2.56. The minimum atomic E-state index is -1.13. The summed E-state index contributed by atoms with van der Waals surface area (Å²) in [6.07, 6.45) is 0. The molecule has 6 heteroatoms. The zero-order valence-corrected chi connectivity index (χ0v) is 15.4. The lowest BCUT2D eigenvalue weighted by molar-refractivity contribution is 0.0696. The number of rotatable bonds is 5. The second-order valence-corrected chi connectivity index (χ2v) is 6.43. The number of para-hydroxylation sites is 2. The molecule has 2 aromatic rings. The number of hydrogen-bond acceptors (Lipinski definition) is 4. The van der Waals surface area contributed by atoms with E-state index in [1.807, 2.05) is 24.3 Å². The SMILES string of the molecule is CCNc1ccccc1OC(C)(C)C.O=C(O)c1cccc(C(=O)O)c1. The van der Waals surface area contributed by atoms with Gasteiger partial charge in [-0.05, 0) is 58.0 Å². The van der Waals surface area contributed by atoms with Crippen molar-refractivity contribution in [2.75, 3.05) is 11.9 Å². The third kappa shape index (κ3) is 7.25. The lowest BCUT2D eigenvalue weighted by atomic mass is 10.1. The highest BCUT2D eigenvalue weighted by atomic mass is 16.5. The number of hydrogen-bond donors (Lipinski definition) is 3. The van der Waals surface area contributed by atoms with Crippen molar-refractivity contribution in [2.24, 2.45) is 0 Å². The maximum absolute atomic E-state index is 10.4. The predicted molar refractivity (Wildman–Crippen MR) is 101 cm³/mol. The van der Waals surface area contributed by atoms with Crippen molar-refractivity contribution < 1.29 is 24.5 Å². The molecule has 140 valence electrons. The Balaban J connectivity index is 0.000000263. The summed E-state index contributed by atoms with van der Waals surface area (Å²) in [6, 6.07) is 13.2. The molecule has 26 heavy (non-hydrogen) atoms. The Hall–Kier alpha value is -3.02. The minimum absolute atomic E-state index is 0.0186. The fourth-order valence-corrected chi connectivity index (χ4v) is 2.01. The number of nitrogens with one attached hydrogen (secondary N) is 1. The second-order valence-electron chi connectivity index (χ2n) is 6.43. The minimum Gasteiger partial charge on any atom is -0.486 e. The van der Waals surface area contributed by atoms with Crippen LogP contribution in [0.15, 0.2) is 48.5 Å². The van der Waals surface area contributed by atoms with E-state index in [0.29, 0.717) is 0 Å². The highest BCUT2D eigenvalue weighted by molar-refractivity contribution is 5.93. The molecule has 6 nitrogen and oxygen atoms in total. The van der Waals surface area contributed by atoms with Crippen molar-refractivity contribution in [3.63, 3.8) is 0 Å². The molecular formula is C20H25NO5. The molecule has 0 aliphatic rings. The standard InChI is InChI=1S/C12H19NO.C8H6O4/c1-5-13-10-8-6-7-9-11(10)14-12(2,3)4;9-7(10)5-2-1-3-6(4-5)8(11)12/h6-9,13H,5H2,1-4H3;1-4H,(H,9,10)(H,11,12). The molecule has 0 amide bonds. The largest absolute Gasteiger partial charge is 0.486 e. The molecule has 0 bridgehead atoms. The van der Waals surface area contributed by atoms with Crippen LogP contribution in [0.1, 0.15) is 48.4 Å². The van der Waals surface area contributed by atoms with E-state index in [4.69, 9.17) is 14.9 Å². The fraction of sp³-hybridized carbons (Fsp3) is 0.300. The molecule has 3 N–H and O–H groups in total. The van der Waals surface area contributed by atoms with Crippen molar-refractivity contribution in [1.29, 1.82) is 0 Å². The Labute approximate surface area is 153 Å². The first-order chi connectivity index (χ1) is 12.1. The number of benzene rings is 2. The molecule has 0 aromatic heterocycles. The monoisotopic (exact) mass is 359 g/mol. The molecule has 0 spiro atoms. The molecule has 0 aliphatic carbocycles. The van der Waals surface area contributed by atoms with Gasteiger partial charge in [0, 0.05) is 6.54 Å². The van der Waals surface area contributed by atoms with Crippen LogP contribution in [0, 0.1) is 0 Å². The zero-order valence-electron chi connectivity index (χ0n) is 15.4. The molecule has 0 unspecified atom stereocenters. The van der Waals surface area contributed by atoms with E-state index in [0.717, 1.165) is 24.0 Å². The Morgan fingerprint density at radius 2 is 1.50 bits per heavy atom. The Morgan fingerprint density at radius 1 is 0.962 bits per heavy atom. The van der Waals surface area contributed by atoms with Crippen LogP contribution in [-0.2, 0) is 0 Å². The second kappa shape index (κ2) is 9.46. The van der Waals surface area contributed by atoms with E-state index >= 15 is 0 Å². The van der Waals surface area contributed by atoms with Gasteiger partial charge in [-0.1, -0.05) is 18.2 Å². The van der Waals surface area contributed by atoms with Crippen LogP contribution in [0.3, 0.4) is 0 Å². The van der Waals surface area contributed by atoms with Gasteiger partial charge in [-0.25, -0.2) is 9.59 Å². The summed E-state index contributed by atoms with van der Waals surface area (Å²) in [5.74, 6) is -1.34. The lowest BCUT2D eigenvalue weighted by Gasteiger charge is -2.23. The fourth-order valence-electron chi connectivity index (χ4n) is 2.01. The van der Waals surface area contributed by atoms with Crippen LogP contribution >= 0.6 is 0 Å². The summed E-state index contributed by atoms with van der Waals surface area (Å²) in [4.78, 5) is 20.8. The van der Waals surface area contributed by atoms with Crippen molar-refractivity contribution in [3.8, 4) is 5.75 Å². The summed E-state index contributed by atoms with van der Waals surface area (Å²) < 4.78 is 5.82. The molecule has 0 radical (unpaired) electrons. The van der Waals surface area contributed by atoms with Gasteiger partial charge in [-0.15, -0.1) is 0 Å². The number of ether oxygens (including phenoxy) is 1. The Kier molecular flexibility index (Phi) is 7.65. The summed E-state index contributed by atoms with van der Waals surface area (Å²) in [7, 11) is 0. The number of aromatic carboxylic acids is 2. The van der Waals surface area contributed by atoms with E-state index in [9.17, 15) is 9.59 Å². The quantitative estimate of drug-likeness (QED) is 0.733. The van der Waals surface area contributed by atoms with Gasteiger partial charge in [-0.3, -0.25) is 0 Å². The highest BCUT2D eigenvalue weighted by Gasteiger charge is 2.13. The maximum atomic E-state index is 10.4. The van der Waals surface area contributed by atoms with Gasteiger partial charge in [-0.2, -0.15) is 0 Å². The number of carboxylic acid groups (broad SMARTS) is 2. The molecule has 0 saturated heterocycles. The number of carboxylic acids is 2. The zero-order chi connectivity index (χ0) is 19.7. The first kappa shape index (κ1) is 21.0. The third-order valence-electron chi connectivity index (χ3n) is 3.03. The molecule has 0 aliphatic heterocycles. The van der Waals surface area contributed by atoms with Gasteiger partial charge in [0.15, 0.2) is 0 Å². The summed E-state index contributed by atoms with van der Waals surface area (Å²) in [5.41, 5.74) is 0.876. The van der Waals surface area contributed by atoms with Gasteiger partial charge >= 0.3 is 11.9 Å². The first-order valence-electron chi connectivity index (χ1n) is 8.22. The summed E-state index contributed by atoms with van der Waals surface area (Å²) >= 11 is 0. The molecule has 0 heterocycles. The highest BCUT2D eigenvalue weighted by Crippen LogP contribution is 2.27. The van der Waals surface area contributed by atoms with E-state index in [1.165, 1.54) is 18.2 Å². The number of carbonyl (C=O) groups is 2. The molecular weight excluding hydrogens is 334 g/mol. The van der Waals surface area contributed by atoms with Crippen LogP contribution in [0.2, 0.25) is 0 Å². The van der Waals surface area contributed by atoms with Crippen molar-refractivity contribution in [3.05, 3.63) is 59.7 Å². The van der Waals surface area contributed by atoms with Crippen LogP contribution in [0.25, 0.3) is 0 Å². The smallest absolute Gasteiger partial charge is 0.335 e. The van der Waals surface area contributed by atoms with Crippen molar-refractivity contribution >= 4 is 17.6 Å². The topological polar surface area (TPSA) is 95.9 Å². The van der Waals surface area contributed by atoms with Crippen molar-refractivity contribution in [1.82, 2.24) is 0 Å². The van der Waals surface area contributed by atoms with Crippen LogP contribution in [-0.4, -0.2) is 34.3 Å². The number of anilines is 1. The Bertz CT molecular complexity index is 721. The maximum Gasteiger partial charge on any atom is 0.335 e. The van der Waals surface area contributed by atoms with Crippen molar-refractivity contribution in [2.45, 2.75) is 33.3 Å². The predicted octanol–water partition coefficient (Wildman–Crippen LogP) is 4.38. The van der Waals surface area contributed by atoms with E-state index in [2.05, 4.69) is 33.0 Å². The van der Waals surface area contributed by atoms with Gasteiger partial charge in [0.25, 0.3) is 0 Å². The molecule has 0 saturated carbocycles. The lowest BCUT2D eigenvalue weighted by Crippen LogP contribution is -2.23. The summed E-state index contributed by atoms with van der Waals surface area (Å²) in [6.45, 7) is 9.14. The van der Waals surface area contributed by atoms with Crippen LogP contribution in [0.5, 0.6) is 5.75 Å². The molecule has 0 atom stereocenters. The molecule has 2 rings (SSSR count). The average molecular weight is 359 g/mol. The van der Waals surface area contributed by atoms with Crippen LogP contribution in [0.4, 0.5) is 5.69 Å². The van der Waals surface area contributed by atoms with Crippen LogP contribution < -0.4 is 10.1 Å². The molecule has 2 aromatic carbocycles. The Morgan fingerprint density at radius 3 is 1.96 bits per heavy atom. The van der Waals surface area contributed by atoms with Gasteiger partial charge in [0.2, 0.25) is 0 Å².